The van der Waals surface area contributed by atoms with Gasteiger partial charge in [-0.15, -0.1) is 11.3 Å². The van der Waals surface area contributed by atoms with E-state index in [-0.39, 0.29) is 5.56 Å². The minimum absolute atomic E-state index is 0.0879. The Kier molecular flexibility index (Phi) is 6.91. The van der Waals surface area contributed by atoms with Gasteiger partial charge in [0.15, 0.2) is 5.16 Å². The Morgan fingerprint density at radius 3 is 2.62 bits per heavy atom. The third kappa shape index (κ3) is 4.85. The fourth-order valence-corrected chi connectivity index (χ4v) is 7.18. The first-order valence-electron chi connectivity index (χ1n) is 12.1. The van der Waals surface area contributed by atoms with E-state index in [9.17, 15) is 4.79 Å². The number of aromatic nitrogens is 2. The molecule has 0 saturated heterocycles. The number of fused-ring (bicyclic) bond motifs is 3. The van der Waals surface area contributed by atoms with Crippen LogP contribution in [0, 0.1) is 12.8 Å². The lowest BCUT2D eigenvalue weighted by Crippen LogP contribution is -3.10. The van der Waals surface area contributed by atoms with Crippen LogP contribution in [0.25, 0.3) is 15.9 Å². The molecule has 0 amide bonds. The Bertz CT molecular complexity index is 1340. The quantitative estimate of drug-likeness (QED) is 0.292. The monoisotopic (exact) mass is 490 g/mol. The lowest BCUT2D eigenvalue weighted by Gasteiger charge is -2.24. The molecule has 34 heavy (non-hydrogen) atoms. The number of thioether (sulfide) groups is 1. The van der Waals surface area contributed by atoms with Gasteiger partial charge in [-0.2, -0.15) is 0 Å². The fourth-order valence-electron chi connectivity index (χ4n) is 4.60. The highest BCUT2D eigenvalue weighted by Gasteiger charge is 2.27. The van der Waals surface area contributed by atoms with Gasteiger partial charge in [0, 0.05) is 17.7 Å². The Labute approximate surface area is 209 Å². The fraction of sp³-hybridized carbons (Fsp3) is 0.357. The topological polar surface area (TPSA) is 39.3 Å². The lowest BCUT2D eigenvalue weighted by molar-refractivity contribution is -0.929. The van der Waals surface area contributed by atoms with Crippen LogP contribution in [0.3, 0.4) is 0 Å². The third-order valence-corrected chi connectivity index (χ3v) is 8.63. The van der Waals surface area contributed by atoms with Crippen LogP contribution in [0.15, 0.2) is 64.5 Å². The molecule has 0 fully saturated rings. The van der Waals surface area contributed by atoms with Crippen LogP contribution in [0.1, 0.15) is 41.8 Å². The van der Waals surface area contributed by atoms with Crippen LogP contribution in [-0.2, 0) is 19.5 Å². The molecule has 5 rings (SSSR count). The van der Waals surface area contributed by atoms with Gasteiger partial charge in [0.1, 0.15) is 17.9 Å². The highest BCUT2D eigenvalue weighted by atomic mass is 32.2. The second-order valence-electron chi connectivity index (χ2n) is 9.67. The molecule has 176 valence electrons. The van der Waals surface area contributed by atoms with Crippen LogP contribution < -0.4 is 10.5 Å². The molecule has 0 aliphatic carbocycles. The Morgan fingerprint density at radius 1 is 1.12 bits per heavy atom. The first-order chi connectivity index (χ1) is 16.5. The molecular formula is C28H32N3OS2+. The van der Waals surface area contributed by atoms with E-state index in [0.29, 0.717) is 5.92 Å². The zero-order valence-corrected chi connectivity index (χ0v) is 21.8. The summed E-state index contributed by atoms with van der Waals surface area (Å²) in [6.07, 6.45) is 2.04. The second kappa shape index (κ2) is 10.1. The van der Waals surface area contributed by atoms with E-state index in [1.54, 1.807) is 28.0 Å². The van der Waals surface area contributed by atoms with Crippen molar-refractivity contribution in [3.63, 3.8) is 0 Å². The SMILES string of the molecule is Cc1ccc(-n2c(SCCC(C)C)nc3sc4c(c3c2=O)CC[NH+](Cc2ccccc2)C4)cc1. The molecule has 3 heterocycles. The number of quaternary nitrogens is 1. The summed E-state index contributed by atoms with van der Waals surface area (Å²) in [4.78, 5) is 22.8. The number of hydrogen-bond acceptors (Lipinski definition) is 4. The molecule has 4 aromatic rings. The van der Waals surface area contributed by atoms with Gasteiger partial charge in [0.25, 0.3) is 5.56 Å². The van der Waals surface area contributed by atoms with Gasteiger partial charge < -0.3 is 4.90 Å². The number of rotatable bonds is 7. The van der Waals surface area contributed by atoms with E-state index in [4.69, 9.17) is 4.98 Å². The van der Waals surface area contributed by atoms with Crippen molar-refractivity contribution in [3.8, 4) is 5.69 Å². The minimum atomic E-state index is 0.0879. The molecule has 1 aliphatic heterocycles. The van der Waals surface area contributed by atoms with Crippen molar-refractivity contribution in [1.82, 2.24) is 9.55 Å². The van der Waals surface area contributed by atoms with Crippen molar-refractivity contribution >= 4 is 33.3 Å². The van der Waals surface area contributed by atoms with Crippen molar-refractivity contribution in [1.29, 1.82) is 0 Å². The first kappa shape index (κ1) is 23.3. The Hall–Kier alpha value is -2.41. The normalized spacial score (nSPS) is 15.7. The highest BCUT2D eigenvalue weighted by Crippen LogP contribution is 2.32. The number of benzene rings is 2. The van der Waals surface area contributed by atoms with Gasteiger partial charge in [-0.05, 0) is 37.0 Å². The van der Waals surface area contributed by atoms with E-state index in [0.717, 1.165) is 59.3 Å². The van der Waals surface area contributed by atoms with Crippen LogP contribution >= 0.6 is 23.1 Å². The molecule has 0 radical (unpaired) electrons. The predicted molar refractivity (Wildman–Crippen MR) is 144 cm³/mol. The van der Waals surface area contributed by atoms with Crippen LogP contribution in [0.4, 0.5) is 0 Å². The van der Waals surface area contributed by atoms with Crippen molar-refractivity contribution in [2.45, 2.75) is 51.9 Å². The largest absolute Gasteiger partial charge is 0.326 e. The van der Waals surface area contributed by atoms with Gasteiger partial charge in [-0.25, -0.2) is 4.98 Å². The summed E-state index contributed by atoms with van der Waals surface area (Å²) in [5.74, 6) is 1.59. The van der Waals surface area contributed by atoms with Gasteiger partial charge in [0.2, 0.25) is 0 Å². The van der Waals surface area contributed by atoms with Gasteiger partial charge in [-0.1, -0.05) is 73.6 Å². The number of nitrogens with zero attached hydrogens (tertiary/aromatic N) is 2. The van der Waals surface area contributed by atoms with Gasteiger partial charge in [0.05, 0.1) is 22.5 Å². The molecular weight excluding hydrogens is 458 g/mol. The lowest BCUT2D eigenvalue weighted by atomic mass is 10.0. The molecule has 0 spiro atoms. The van der Waals surface area contributed by atoms with Crippen molar-refractivity contribution in [3.05, 3.63) is 86.5 Å². The molecule has 1 N–H and O–H groups in total. The van der Waals surface area contributed by atoms with Gasteiger partial charge >= 0.3 is 0 Å². The van der Waals surface area contributed by atoms with E-state index in [1.807, 2.05) is 16.7 Å². The molecule has 6 heteroatoms. The third-order valence-electron chi connectivity index (χ3n) is 6.53. The minimum Gasteiger partial charge on any atom is -0.326 e. The summed E-state index contributed by atoms with van der Waals surface area (Å²) in [7, 11) is 0. The summed E-state index contributed by atoms with van der Waals surface area (Å²) in [6.45, 7) is 9.58. The summed E-state index contributed by atoms with van der Waals surface area (Å²) in [5, 5.41) is 1.65. The summed E-state index contributed by atoms with van der Waals surface area (Å²) < 4.78 is 1.85. The molecule has 0 saturated carbocycles. The molecule has 4 nitrogen and oxygen atoms in total. The number of thiophene rings is 1. The number of hydrogen-bond donors (Lipinski definition) is 1. The van der Waals surface area contributed by atoms with E-state index < -0.39 is 0 Å². The van der Waals surface area contributed by atoms with E-state index >= 15 is 0 Å². The molecule has 0 bridgehead atoms. The molecule has 2 aromatic heterocycles. The van der Waals surface area contributed by atoms with Crippen LogP contribution in [-0.4, -0.2) is 21.8 Å². The molecule has 2 aromatic carbocycles. The summed E-state index contributed by atoms with van der Waals surface area (Å²) in [5.41, 5.74) is 4.78. The Balaban J connectivity index is 1.54. The van der Waals surface area contributed by atoms with Crippen LogP contribution in [0.2, 0.25) is 0 Å². The highest BCUT2D eigenvalue weighted by molar-refractivity contribution is 7.99. The maximum Gasteiger partial charge on any atom is 0.267 e. The smallest absolute Gasteiger partial charge is 0.267 e. The maximum absolute atomic E-state index is 13.9. The van der Waals surface area contributed by atoms with Crippen molar-refractivity contribution in [2.24, 2.45) is 5.92 Å². The zero-order valence-electron chi connectivity index (χ0n) is 20.1. The summed E-state index contributed by atoms with van der Waals surface area (Å²) in [6, 6.07) is 18.9. The van der Waals surface area contributed by atoms with Crippen LogP contribution in [0.5, 0.6) is 0 Å². The average Bonchev–Trinajstić information content (AvgIpc) is 3.18. The summed E-state index contributed by atoms with van der Waals surface area (Å²) >= 11 is 3.43. The van der Waals surface area contributed by atoms with E-state index in [1.165, 1.54) is 21.6 Å². The zero-order chi connectivity index (χ0) is 23.7. The predicted octanol–water partition coefficient (Wildman–Crippen LogP) is 5.04. The maximum atomic E-state index is 13.9. The van der Waals surface area contributed by atoms with Crippen molar-refractivity contribution < 1.29 is 4.90 Å². The first-order valence-corrected chi connectivity index (χ1v) is 13.9. The average molecular weight is 491 g/mol. The molecule has 1 unspecified atom stereocenters. The number of nitrogens with one attached hydrogen (secondary N) is 1. The second-order valence-corrected chi connectivity index (χ2v) is 11.8. The standard InChI is InChI=1S/C28H31N3OS2/c1-19(2)14-16-33-28-29-26-25(27(32)31(28)22-11-9-20(3)10-12-22)23-13-15-30(18-24(23)34-26)17-21-7-5-4-6-8-21/h4-12,19H,13-18H2,1-3H3/p+1. The molecule has 1 atom stereocenters. The van der Waals surface area contributed by atoms with E-state index in [2.05, 4.69) is 63.2 Å². The van der Waals surface area contributed by atoms with Crippen molar-refractivity contribution in [2.75, 3.05) is 12.3 Å². The molecule has 1 aliphatic rings. The van der Waals surface area contributed by atoms with Gasteiger partial charge in [-0.3, -0.25) is 9.36 Å². The Morgan fingerprint density at radius 2 is 1.88 bits per heavy atom. The number of aryl methyl sites for hydroxylation is 1.